The van der Waals surface area contributed by atoms with Crippen LogP contribution in [0.3, 0.4) is 0 Å². The van der Waals surface area contributed by atoms with Gasteiger partial charge >= 0.3 is 23.9 Å². The molecule has 48 heavy (non-hydrogen) atoms. The van der Waals surface area contributed by atoms with Crippen molar-refractivity contribution >= 4 is 23.9 Å². The van der Waals surface area contributed by atoms with Gasteiger partial charge in [-0.3, -0.25) is 0 Å². The van der Waals surface area contributed by atoms with E-state index in [9.17, 15) is 19.2 Å². The fraction of sp³-hybridized carbons (Fsp3) is 0.111. The predicted molar refractivity (Wildman–Crippen MR) is 169 cm³/mol. The van der Waals surface area contributed by atoms with Crippen LogP contribution in [0.4, 0.5) is 0 Å². The van der Waals surface area contributed by atoms with E-state index in [-0.39, 0.29) is 45.3 Å². The molecule has 0 saturated carbocycles. The van der Waals surface area contributed by atoms with Crippen LogP contribution in [0.1, 0.15) is 27.7 Å². The fourth-order valence-corrected chi connectivity index (χ4v) is 2.62. The van der Waals surface area contributed by atoms with E-state index in [4.69, 9.17) is 28.4 Å². The van der Waals surface area contributed by atoms with Gasteiger partial charge in [-0.25, -0.2) is 19.2 Å². The van der Waals surface area contributed by atoms with Crippen LogP contribution in [0.25, 0.3) is 11.1 Å². The topological polar surface area (TPSA) is 142 Å². The van der Waals surface area contributed by atoms with Gasteiger partial charge in [-0.15, -0.1) is 0 Å². The Morgan fingerprint density at radius 1 is 0.417 bits per heavy atom. The number of rotatable bonds is 9. The lowest BCUT2D eigenvalue weighted by atomic mass is 10.0. The summed E-state index contributed by atoms with van der Waals surface area (Å²) >= 11 is 0. The number of ether oxygens (including phenoxy) is 8. The van der Waals surface area contributed by atoms with E-state index in [2.05, 4.69) is 84.6 Å². The lowest BCUT2D eigenvalue weighted by Gasteiger charge is -2.10. The largest absolute Gasteiger partial charge is 0.401 e. The Labute approximate surface area is 276 Å². The average Bonchev–Trinajstić information content (AvgIpc) is 3.05. The first-order valence-corrected chi connectivity index (χ1v) is 13.2. The second kappa shape index (κ2) is 18.5. The van der Waals surface area contributed by atoms with Crippen molar-refractivity contribution in [3.8, 4) is 83.0 Å². The summed E-state index contributed by atoms with van der Waals surface area (Å²) in [5.41, 5.74) is 1.51. The molecule has 0 radical (unpaired) electrons. The summed E-state index contributed by atoms with van der Waals surface area (Å²) in [6.07, 6.45) is 17.2. The molecule has 0 aliphatic rings. The van der Waals surface area contributed by atoms with Gasteiger partial charge in [0.1, 0.15) is 0 Å². The van der Waals surface area contributed by atoms with E-state index >= 15 is 0 Å². The highest BCUT2D eigenvalue weighted by atomic mass is 16.6. The minimum Gasteiger partial charge on any atom is -0.401 e. The smallest absolute Gasteiger partial charge is 0.347 e. The van der Waals surface area contributed by atoms with E-state index in [1.807, 2.05) is 0 Å². The number of carbonyl (C=O) groups excluding carboxylic acids is 4. The predicted octanol–water partition coefficient (Wildman–Crippen LogP) is 5.02. The van der Waals surface area contributed by atoms with Gasteiger partial charge in [-0.1, -0.05) is 38.4 Å². The monoisotopic (exact) mass is 650 g/mol. The molecule has 0 aliphatic carbocycles. The molecule has 242 valence electrons. The molecule has 0 heterocycles. The van der Waals surface area contributed by atoms with Crippen molar-refractivity contribution in [2.75, 3.05) is 0 Å². The highest BCUT2D eigenvalue weighted by Crippen LogP contribution is 2.37. The van der Waals surface area contributed by atoms with Crippen LogP contribution in [-0.4, -0.2) is 23.9 Å². The van der Waals surface area contributed by atoms with E-state index in [0.717, 1.165) is 0 Å². The van der Waals surface area contributed by atoms with Crippen LogP contribution in [0.5, 0.6) is 23.0 Å². The highest BCUT2D eigenvalue weighted by molar-refractivity contribution is 5.89. The summed E-state index contributed by atoms with van der Waals surface area (Å²) in [6.45, 7) is 19.6. The van der Waals surface area contributed by atoms with Crippen molar-refractivity contribution in [2.45, 2.75) is 27.7 Å². The average molecular weight is 651 g/mol. The van der Waals surface area contributed by atoms with Crippen LogP contribution < -0.4 is 18.9 Å². The molecule has 0 unspecified atom stereocenters. The molecule has 0 bridgehead atoms. The molecular formula is C36H26O12. The van der Waals surface area contributed by atoms with E-state index in [0.29, 0.717) is 11.1 Å². The van der Waals surface area contributed by atoms with Crippen molar-refractivity contribution < 1.29 is 57.1 Å². The molecule has 0 atom stereocenters. The Morgan fingerprint density at radius 2 is 0.667 bits per heavy atom. The van der Waals surface area contributed by atoms with Crippen molar-refractivity contribution in [3.63, 3.8) is 0 Å². The molecule has 0 aliphatic heterocycles. The van der Waals surface area contributed by atoms with E-state index in [1.165, 1.54) is 52.0 Å². The molecule has 0 aromatic heterocycles. The number of hydrogen-bond donors (Lipinski definition) is 0. The van der Waals surface area contributed by atoms with Crippen molar-refractivity contribution in [1.29, 1.82) is 0 Å². The molecule has 12 nitrogen and oxygen atoms in total. The van der Waals surface area contributed by atoms with Gasteiger partial charge in [0.05, 0.1) is 0 Å². The third kappa shape index (κ3) is 12.4. The van der Waals surface area contributed by atoms with Gasteiger partial charge in [0.2, 0.25) is 0 Å². The Balaban J connectivity index is 2.48. The summed E-state index contributed by atoms with van der Waals surface area (Å²) in [5, 5.41) is 0. The first-order valence-electron chi connectivity index (χ1n) is 13.2. The van der Waals surface area contributed by atoms with Gasteiger partial charge in [-0.2, -0.15) is 0 Å². The summed E-state index contributed by atoms with van der Waals surface area (Å²) < 4.78 is 40.4. The van der Waals surface area contributed by atoms with Crippen molar-refractivity contribution in [1.82, 2.24) is 0 Å². The minimum absolute atomic E-state index is 0.00592. The standard InChI is InChI=1S/C36H26O12/c1-23(2)33(37)45-17-13-41-29-11-9-27(21-31(29)43-15-19-47-35(39)25(5)6)28-10-12-30(42-14-18-46-34(38)24(3)4)32(22-28)44-16-20-48-36(40)26(7)8/h9-12,21-22H,1,3,5,7H2,2,4,6,8H3. The third-order valence-corrected chi connectivity index (χ3v) is 5.00. The first kappa shape index (κ1) is 36.9. The number of benzene rings is 2. The Morgan fingerprint density at radius 3 is 0.917 bits per heavy atom. The lowest BCUT2D eigenvalue weighted by molar-refractivity contribution is -0.133. The van der Waals surface area contributed by atoms with Gasteiger partial charge in [0, 0.05) is 22.3 Å². The van der Waals surface area contributed by atoms with Gasteiger partial charge < -0.3 is 37.9 Å². The van der Waals surface area contributed by atoms with E-state index in [1.54, 1.807) is 12.1 Å². The molecule has 12 heteroatoms. The summed E-state index contributed by atoms with van der Waals surface area (Å²) in [6, 6.07) is 9.12. The molecule has 0 spiro atoms. The zero-order chi connectivity index (χ0) is 35.6. The molecule has 2 aromatic rings. The third-order valence-electron chi connectivity index (χ3n) is 5.00. The molecule has 0 N–H and O–H groups in total. The zero-order valence-corrected chi connectivity index (χ0v) is 26.2. The van der Waals surface area contributed by atoms with Crippen molar-refractivity contribution in [3.05, 3.63) is 85.0 Å². The van der Waals surface area contributed by atoms with Crippen LogP contribution in [0.2, 0.25) is 0 Å². The van der Waals surface area contributed by atoms with Crippen LogP contribution in [-0.2, 0) is 38.1 Å². The van der Waals surface area contributed by atoms with E-state index < -0.39 is 23.9 Å². The quantitative estimate of drug-likeness (QED) is 0.156. The Hall–Kier alpha value is -7.28. The maximum Gasteiger partial charge on any atom is 0.347 e. The van der Waals surface area contributed by atoms with Gasteiger partial charge in [0.25, 0.3) is 0 Å². The molecule has 0 amide bonds. The highest BCUT2D eigenvalue weighted by Gasteiger charge is 2.13. The summed E-state index contributed by atoms with van der Waals surface area (Å²) in [5.74, 6) is -2.91. The van der Waals surface area contributed by atoms with Gasteiger partial charge in [0.15, 0.2) is 71.9 Å². The Bertz CT molecular complexity index is 1790. The van der Waals surface area contributed by atoms with Crippen LogP contribution in [0.15, 0.2) is 85.0 Å². The molecule has 2 rings (SSSR count). The Kier molecular flexibility index (Phi) is 14.2. The SMILES string of the molecule is C=C(C)C(=O)OC#COc1ccc(-c2ccc(OC#COC(=O)C(=C)C)c(OC#COC(=O)C(=C)C)c2)cc1OC#COC(=O)C(=C)C. The van der Waals surface area contributed by atoms with Crippen LogP contribution >= 0.6 is 0 Å². The molecular weight excluding hydrogens is 624 g/mol. The molecule has 0 saturated heterocycles. The fourth-order valence-electron chi connectivity index (χ4n) is 2.62. The second-order valence-electron chi connectivity index (χ2n) is 9.23. The zero-order valence-electron chi connectivity index (χ0n) is 26.2. The maximum absolute atomic E-state index is 11.6. The molecule has 2 aromatic carbocycles. The summed E-state index contributed by atoms with van der Waals surface area (Å²) in [4.78, 5) is 46.4. The van der Waals surface area contributed by atoms with Crippen molar-refractivity contribution in [2.24, 2.45) is 0 Å². The first-order chi connectivity index (χ1) is 22.8. The number of esters is 4. The van der Waals surface area contributed by atoms with Gasteiger partial charge in [-0.05, 0) is 63.1 Å². The minimum atomic E-state index is -0.757. The maximum atomic E-state index is 11.6. The number of carbonyl (C=O) groups is 4. The molecule has 0 fully saturated rings. The second-order valence-corrected chi connectivity index (χ2v) is 9.23. The van der Waals surface area contributed by atoms with Crippen LogP contribution in [0, 0.1) is 48.9 Å². The summed E-state index contributed by atoms with van der Waals surface area (Å²) in [7, 11) is 0. The normalized spacial score (nSPS) is 8.83. The lowest BCUT2D eigenvalue weighted by Crippen LogP contribution is -2.00. The number of hydrogen-bond acceptors (Lipinski definition) is 12.